The van der Waals surface area contributed by atoms with Gasteiger partial charge in [0.1, 0.15) is 11.6 Å². The molecule has 0 saturated heterocycles. The van der Waals surface area contributed by atoms with E-state index in [1.165, 1.54) is 5.56 Å². The Bertz CT molecular complexity index is 843. The van der Waals surface area contributed by atoms with E-state index in [4.69, 9.17) is 5.26 Å². The third kappa shape index (κ3) is 4.11. The second-order valence-electron chi connectivity index (χ2n) is 5.93. The average Bonchev–Trinajstić information content (AvgIpc) is 2.54. The maximum Gasteiger partial charge on any atom is 0.266 e. The molecule has 1 aromatic carbocycles. The van der Waals surface area contributed by atoms with Crippen LogP contribution in [0.2, 0.25) is 0 Å². The van der Waals surface area contributed by atoms with E-state index in [9.17, 15) is 9.59 Å². The minimum Gasteiger partial charge on any atom is -0.352 e. The van der Waals surface area contributed by atoms with Gasteiger partial charge in [0.25, 0.3) is 5.56 Å². The van der Waals surface area contributed by atoms with Crippen molar-refractivity contribution in [2.45, 2.75) is 40.2 Å². The van der Waals surface area contributed by atoms with Crippen LogP contribution < -0.4 is 10.9 Å². The molecule has 0 saturated carbocycles. The van der Waals surface area contributed by atoms with Gasteiger partial charge in [0.2, 0.25) is 5.91 Å². The van der Waals surface area contributed by atoms with Crippen molar-refractivity contribution in [3.8, 4) is 6.07 Å². The van der Waals surface area contributed by atoms with E-state index in [1.54, 1.807) is 13.8 Å². The van der Waals surface area contributed by atoms with Crippen molar-refractivity contribution < 1.29 is 4.79 Å². The van der Waals surface area contributed by atoms with Crippen LogP contribution in [0.3, 0.4) is 0 Å². The van der Waals surface area contributed by atoms with Crippen LogP contribution in [0.1, 0.15) is 39.9 Å². The van der Waals surface area contributed by atoms with E-state index in [0.717, 1.165) is 11.1 Å². The molecule has 0 atom stereocenters. The maximum atomic E-state index is 12.1. The van der Waals surface area contributed by atoms with Gasteiger partial charge in [-0.25, -0.2) is 0 Å². The van der Waals surface area contributed by atoms with Crippen LogP contribution in [0.25, 0.3) is 0 Å². The highest BCUT2D eigenvalue weighted by Gasteiger charge is 2.13. The van der Waals surface area contributed by atoms with Crippen molar-refractivity contribution in [2.24, 2.45) is 0 Å². The molecule has 0 aliphatic heterocycles. The number of aromatic amines is 1. The molecule has 24 heavy (non-hydrogen) atoms. The minimum atomic E-state index is -0.375. The third-order valence-corrected chi connectivity index (χ3v) is 4.13. The first-order chi connectivity index (χ1) is 11.4. The molecule has 0 fully saturated rings. The monoisotopic (exact) mass is 323 g/mol. The molecule has 1 aromatic heterocycles. The van der Waals surface area contributed by atoms with Crippen molar-refractivity contribution in [1.29, 1.82) is 5.26 Å². The number of aryl methyl sites for hydroxylation is 2. The van der Waals surface area contributed by atoms with Crippen LogP contribution in [-0.4, -0.2) is 10.9 Å². The Morgan fingerprint density at radius 1 is 1.21 bits per heavy atom. The van der Waals surface area contributed by atoms with Gasteiger partial charge in [-0.1, -0.05) is 29.8 Å². The Kier molecular flexibility index (Phi) is 5.54. The number of nitrogens with zero attached hydrogens (tertiary/aromatic N) is 1. The van der Waals surface area contributed by atoms with E-state index in [2.05, 4.69) is 10.3 Å². The number of carbonyl (C=O) groups excluding carboxylic acids is 1. The second-order valence-corrected chi connectivity index (χ2v) is 5.93. The lowest BCUT2D eigenvalue weighted by molar-refractivity contribution is -0.121. The Balaban J connectivity index is 1.98. The van der Waals surface area contributed by atoms with Gasteiger partial charge in [-0.2, -0.15) is 5.26 Å². The summed E-state index contributed by atoms with van der Waals surface area (Å²) in [6, 6.07) is 9.93. The zero-order chi connectivity index (χ0) is 17.7. The van der Waals surface area contributed by atoms with Gasteiger partial charge in [-0.15, -0.1) is 0 Å². The van der Waals surface area contributed by atoms with Gasteiger partial charge in [0, 0.05) is 18.7 Å². The van der Waals surface area contributed by atoms with Crippen LogP contribution in [-0.2, 0) is 17.8 Å². The maximum absolute atomic E-state index is 12.1. The molecule has 0 unspecified atom stereocenters. The smallest absolute Gasteiger partial charge is 0.266 e. The first-order valence-corrected chi connectivity index (χ1v) is 7.87. The molecule has 0 aliphatic carbocycles. The molecular weight excluding hydrogens is 302 g/mol. The van der Waals surface area contributed by atoms with E-state index in [0.29, 0.717) is 30.6 Å². The summed E-state index contributed by atoms with van der Waals surface area (Å²) in [5.41, 5.74) is 4.21. The zero-order valence-corrected chi connectivity index (χ0v) is 14.2. The molecule has 2 N–H and O–H groups in total. The van der Waals surface area contributed by atoms with Crippen molar-refractivity contribution in [1.82, 2.24) is 10.3 Å². The number of hydrogen-bond acceptors (Lipinski definition) is 3. The van der Waals surface area contributed by atoms with Crippen LogP contribution >= 0.6 is 0 Å². The predicted octanol–water partition coefficient (Wildman–Crippen LogP) is 2.42. The lowest BCUT2D eigenvalue weighted by Gasteiger charge is -2.11. The minimum absolute atomic E-state index is 0.0564. The van der Waals surface area contributed by atoms with Gasteiger partial charge >= 0.3 is 0 Å². The molecule has 1 heterocycles. The Labute approximate surface area is 141 Å². The predicted molar refractivity (Wildman–Crippen MR) is 92.6 cm³/mol. The SMILES string of the molecule is Cc1ccc(CNC(=O)CCc2c(C)[nH]c(=O)c(C#N)c2C)cc1. The number of nitriles is 1. The molecule has 2 rings (SSSR count). The average molecular weight is 323 g/mol. The van der Waals surface area contributed by atoms with Gasteiger partial charge in [-0.05, 0) is 43.9 Å². The van der Waals surface area contributed by atoms with E-state index < -0.39 is 0 Å². The van der Waals surface area contributed by atoms with Gasteiger partial charge in [0.15, 0.2) is 0 Å². The summed E-state index contributed by atoms with van der Waals surface area (Å²) in [7, 11) is 0. The number of H-pyrrole nitrogens is 1. The Morgan fingerprint density at radius 3 is 2.50 bits per heavy atom. The van der Waals surface area contributed by atoms with Crippen LogP contribution in [0.15, 0.2) is 29.1 Å². The Hall–Kier alpha value is -2.87. The summed E-state index contributed by atoms with van der Waals surface area (Å²) in [4.78, 5) is 26.4. The topological polar surface area (TPSA) is 85.8 Å². The summed E-state index contributed by atoms with van der Waals surface area (Å²) >= 11 is 0. The standard InChI is InChI=1S/C19H21N3O2/c1-12-4-6-15(7-5-12)11-21-18(23)9-8-16-13(2)17(10-20)19(24)22-14(16)3/h4-7H,8-9,11H2,1-3H3,(H,21,23)(H,22,24). The fourth-order valence-corrected chi connectivity index (χ4v) is 2.65. The molecular formula is C19H21N3O2. The third-order valence-electron chi connectivity index (χ3n) is 4.13. The molecule has 5 nitrogen and oxygen atoms in total. The number of pyridine rings is 1. The van der Waals surface area contributed by atoms with Crippen molar-refractivity contribution in [2.75, 3.05) is 0 Å². The quantitative estimate of drug-likeness (QED) is 0.886. The summed E-state index contributed by atoms with van der Waals surface area (Å²) in [5, 5.41) is 12.0. The highest BCUT2D eigenvalue weighted by atomic mass is 16.1. The first-order valence-electron chi connectivity index (χ1n) is 7.87. The van der Waals surface area contributed by atoms with Gasteiger partial charge < -0.3 is 10.3 Å². The normalized spacial score (nSPS) is 10.2. The largest absolute Gasteiger partial charge is 0.352 e. The molecule has 0 bridgehead atoms. The summed E-state index contributed by atoms with van der Waals surface area (Å²) < 4.78 is 0. The molecule has 1 amide bonds. The number of hydrogen-bond donors (Lipinski definition) is 2. The first kappa shape index (κ1) is 17.5. The molecule has 5 heteroatoms. The second kappa shape index (κ2) is 7.60. The van der Waals surface area contributed by atoms with Crippen LogP contribution in [0.5, 0.6) is 0 Å². The lowest BCUT2D eigenvalue weighted by atomic mass is 9.99. The summed E-state index contributed by atoms with van der Waals surface area (Å²) in [6.45, 7) is 6.05. The number of carbonyl (C=O) groups is 1. The number of benzene rings is 1. The van der Waals surface area contributed by atoms with E-state index in [-0.39, 0.29) is 17.0 Å². The number of aromatic nitrogens is 1. The summed E-state index contributed by atoms with van der Waals surface area (Å²) in [6.07, 6.45) is 0.799. The Morgan fingerprint density at radius 2 is 1.88 bits per heavy atom. The zero-order valence-electron chi connectivity index (χ0n) is 14.2. The number of rotatable bonds is 5. The van der Waals surface area contributed by atoms with Crippen molar-refractivity contribution in [3.05, 3.63) is 68.1 Å². The molecule has 2 aromatic rings. The van der Waals surface area contributed by atoms with E-state index >= 15 is 0 Å². The number of nitrogens with one attached hydrogen (secondary N) is 2. The highest BCUT2D eigenvalue weighted by molar-refractivity contribution is 5.76. The van der Waals surface area contributed by atoms with Crippen molar-refractivity contribution >= 4 is 5.91 Å². The molecule has 0 spiro atoms. The number of amides is 1. The molecule has 124 valence electrons. The van der Waals surface area contributed by atoms with Gasteiger partial charge in [0.05, 0.1) is 0 Å². The van der Waals surface area contributed by atoms with Crippen molar-refractivity contribution in [3.63, 3.8) is 0 Å². The fourth-order valence-electron chi connectivity index (χ4n) is 2.65. The van der Waals surface area contributed by atoms with Crippen LogP contribution in [0, 0.1) is 32.1 Å². The fraction of sp³-hybridized carbons (Fsp3) is 0.316. The highest BCUT2D eigenvalue weighted by Crippen LogP contribution is 2.15. The van der Waals surface area contributed by atoms with Crippen LogP contribution in [0.4, 0.5) is 0 Å². The summed E-state index contributed by atoms with van der Waals surface area (Å²) in [5.74, 6) is -0.0564. The van der Waals surface area contributed by atoms with E-state index in [1.807, 2.05) is 37.3 Å². The molecule has 0 aliphatic rings. The van der Waals surface area contributed by atoms with Gasteiger partial charge in [-0.3, -0.25) is 9.59 Å². The lowest BCUT2D eigenvalue weighted by Crippen LogP contribution is -2.24. The molecule has 0 radical (unpaired) electrons.